The number of sulfonamides is 1. The number of nitro benzene ring substituents is 1. The Balaban J connectivity index is 1.51. The van der Waals surface area contributed by atoms with Crippen molar-refractivity contribution in [1.82, 2.24) is 5.32 Å². The van der Waals surface area contributed by atoms with Crippen molar-refractivity contribution in [1.29, 1.82) is 0 Å². The SMILES string of the molecule is O=C(CN(c1cccc([N+](=O)[O-])c1)S(=O)(=O)c1ccccc1)NCc1ccc(N2CCCC2)cc1. The van der Waals surface area contributed by atoms with Gasteiger partial charge in [-0.15, -0.1) is 0 Å². The lowest BCUT2D eigenvalue weighted by molar-refractivity contribution is -0.384. The van der Waals surface area contributed by atoms with E-state index in [1.165, 1.54) is 43.2 Å². The first kappa shape index (κ1) is 24.2. The highest BCUT2D eigenvalue weighted by atomic mass is 32.2. The minimum absolute atomic E-state index is 0.0168. The molecule has 1 heterocycles. The molecular weight excluding hydrogens is 468 g/mol. The molecule has 0 radical (unpaired) electrons. The van der Waals surface area contributed by atoms with Crippen molar-refractivity contribution in [3.8, 4) is 0 Å². The molecule has 3 aromatic carbocycles. The molecule has 1 N–H and O–H groups in total. The summed E-state index contributed by atoms with van der Waals surface area (Å²) >= 11 is 0. The second-order valence-corrected chi connectivity index (χ2v) is 10.1. The quantitative estimate of drug-likeness (QED) is 0.358. The van der Waals surface area contributed by atoms with Crippen molar-refractivity contribution in [3.63, 3.8) is 0 Å². The molecule has 182 valence electrons. The third-order valence-electron chi connectivity index (χ3n) is 5.84. The minimum Gasteiger partial charge on any atom is -0.372 e. The third kappa shape index (κ3) is 5.78. The summed E-state index contributed by atoms with van der Waals surface area (Å²) in [5, 5.41) is 14.0. The predicted octanol–water partition coefficient (Wildman–Crippen LogP) is 3.71. The van der Waals surface area contributed by atoms with Crippen molar-refractivity contribution in [3.05, 3.63) is 94.5 Å². The Hall–Kier alpha value is -3.92. The van der Waals surface area contributed by atoms with Gasteiger partial charge >= 0.3 is 0 Å². The number of benzene rings is 3. The van der Waals surface area contributed by atoms with Gasteiger partial charge in [0.1, 0.15) is 6.54 Å². The van der Waals surface area contributed by atoms with E-state index in [1.54, 1.807) is 18.2 Å². The highest BCUT2D eigenvalue weighted by Gasteiger charge is 2.28. The number of nitro groups is 1. The zero-order valence-corrected chi connectivity index (χ0v) is 19.9. The number of amides is 1. The molecule has 10 heteroatoms. The Labute approximate surface area is 204 Å². The Kier molecular flexibility index (Phi) is 7.31. The van der Waals surface area contributed by atoms with E-state index >= 15 is 0 Å². The van der Waals surface area contributed by atoms with Crippen LogP contribution in [-0.4, -0.2) is 38.9 Å². The smallest absolute Gasteiger partial charge is 0.271 e. The van der Waals surface area contributed by atoms with E-state index < -0.39 is 27.4 Å². The lowest BCUT2D eigenvalue weighted by atomic mass is 10.2. The molecule has 0 aliphatic carbocycles. The fraction of sp³-hybridized carbons (Fsp3) is 0.240. The van der Waals surface area contributed by atoms with Gasteiger partial charge in [-0.3, -0.25) is 19.2 Å². The van der Waals surface area contributed by atoms with E-state index in [4.69, 9.17) is 0 Å². The fourth-order valence-electron chi connectivity index (χ4n) is 3.98. The van der Waals surface area contributed by atoms with E-state index in [1.807, 2.05) is 24.3 Å². The summed E-state index contributed by atoms with van der Waals surface area (Å²) in [5.41, 5.74) is 1.79. The Morgan fingerprint density at radius 2 is 1.66 bits per heavy atom. The maximum Gasteiger partial charge on any atom is 0.271 e. The van der Waals surface area contributed by atoms with Crippen molar-refractivity contribution in [2.75, 3.05) is 28.8 Å². The van der Waals surface area contributed by atoms with Crippen LogP contribution in [0.25, 0.3) is 0 Å². The fourth-order valence-corrected chi connectivity index (χ4v) is 5.42. The van der Waals surface area contributed by atoms with Gasteiger partial charge in [0.25, 0.3) is 15.7 Å². The van der Waals surface area contributed by atoms with Gasteiger partial charge in [-0.1, -0.05) is 36.4 Å². The number of nitrogens with zero attached hydrogens (tertiary/aromatic N) is 3. The molecule has 0 atom stereocenters. The van der Waals surface area contributed by atoms with Gasteiger partial charge in [-0.2, -0.15) is 0 Å². The molecular formula is C25H26N4O5S. The molecule has 4 rings (SSSR count). The number of carbonyl (C=O) groups is 1. The first-order chi connectivity index (χ1) is 16.8. The van der Waals surface area contributed by atoms with E-state index in [0.29, 0.717) is 0 Å². The maximum atomic E-state index is 13.4. The average Bonchev–Trinajstić information content (AvgIpc) is 3.42. The summed E-state index contributed by atoms with van der Waals surface area (Å²) < 4.78 is 27.6. The lowest BCUT2D eigenvalue weighted by Gasteiger charge is -2.24. The number of non-ortho nitro benzene ring substituents is 1. The summed E-state index contributed by atoms with van der Waals surface area (Å²) in [5.74, 6) is -0.528. The largest absolute Gasteiger partial charge is 0.372 e. The predicted molar refractivity (Wildman–Crippen MR) is 134 cm³/mol. The van der Waals surface area contributed by atoms with Crippen molar-refractivity contribution >= 4 is 33.0 Å². The highest BCUT2D eigenvalue weighted by molar-refractivity contribution is 7.92. The minimum atomic E-state index is -4.15. The van der Waals surface area contributed by atoms with E-state index in [0.717, 1.165) is 34.7 Å². The zero-order valence-electron chi connectivity index (χ0n) is 19.0. The highest BCUT2D eigenvalue weighted by Crippen LogP contribution is 2.27. The van der Waals surface area contributed by atoms with Crippen LogP contribution >= 0.6 is 0 Å². The molecule has 0 unspecified atom stereocenters. The van der Waals surface area contributed by atoms with E-state index in [-0.39, 0.29) is 22.8 Å². The van der Waals surface area contributed by atoms with Crippen molar-refractivity contribution in [2.24, 2.45) is 0 Å². The second-order valence-electron chi connectivity index (χ2n) is 8.24. The first-order valence-electron chi connectivity index (χ1n) is 11.3. The van der Waals surface area contributed by atoms with E-state index in [9.17, 15) is 23.3 Å². The number of hydrogen-bond donors (Lipinski definition) is 1. The molecule has 1 aliphatic rings. The normalized spacial score (nSPS) is 13.4. The van der Waals surface area contributed by atoms with E-state index in [2.05, 4.69) is 10.2 Å². The molecule has 0 spiro atoms. The molecule has 1 amide bonds. The summed E-state index contributed by atoms with van der Waals surface area (Å²) in [4.78, 5) is 25.7. The molecule has 1 aliphatic heterocycles. The average molecular weight is 495 g/mol. The standard InChI is InChI=1S/C25H26N4O5S/c30-25(26-18-20-11-13-21(14-12-20)27-15-4-5-16-27)19-28(22-7-6-8-23(17-22)29(31)32)35(33,34)24-9-2-1-3-10-24/h1-3,6-14,17H,4-5,15-16,18-19H2,(H,26,30). The summed E-state index contributed by atoms with van der Waals surface area (Å²) in [7, 11) is -4.15. The van der Waals surface area contributed by atoms with Crippen LogP contribution in [0.1, 0.15) is 18.4 Å². The summed E-state index contributed by atoms with van der Waals surface area (Å²) in [6.07, 6.45) is 2.37. The van der Waals surface area contributed by atoms with Crippen LogP contribution in [0.3, 0.4) is 0 Å². The molecule has 9 nitrogen and oxygen atoms in total. The van der Waals surface area contributed by atoms with Gasteiger partial charge < -0.3 is 10.2 Å². The lowest BCUT2D eigenvalue weighted by Crippen LogP contribution is -2.40. The number of anilines is 2. The molecule has 0 bridgehead atoms. The van der Waals surface area contributed by atoms with Crippen LogP contribution in [0.4, 0.5) is 17.1 Å². The van der Waals surface area contributed by atoms with Gasteiger partial charge in [-0.05, 0) is 48.7 Å². The molecule has 0 aromatic heterocycles. The summed E-state index contributed by atoms with van der Waals surface area (Å²) in [6, 6.07) is 20.8. The van der Waals surface area contributed by atoms with Crippen molar-refractivity contribution < 1.29 is 18.1 Å². The Morgan fingerprint density at radius 3 is 2.31 bits per heavy atom. The van der Waals surface area contributed by atoms with Gasteiger partial charge in [0.05, 0.1) is 15.5 Å². The second kappa shape index (κ2) is 10.6. The van der Waals surface area contributed by atoms with Crippen LogP contribution in [-0.2, 0) is 21.4 Å². The van der Waals surface area contributed by atoms with Crippen LogP contribution in [0.2, 0.25) is 0 Å². The maximum absolute atomic E-state index is 13.4. The van der Waals surface area contributed by atoms with Crippen LogP contribution in [0.15, 0.2) is 83.8 Å². The molecule has 35 heavy (non-hydrogen) atoms. The number of carbonyl (C=O) groups excluding carboxylic acids is 1. The number of nitrogens with one attached hydrogen (secondary N) is 1. The van der Waals surface area contributed by atoms with Gasteiger partial charge in [0, 0.05) is 37.5 Å². The monoisotopic (exact) mass is 494 g/mol. The van der Waals surface area contributed by atoms with Crippen LogP contribution in [0.5, 0.6) is 0 Å². The molecule has 1 saturated heterocycles. The first-order valence-corrected chi connectivity index (χ1v) is 12.7. The van der Waals surface area contributed by atoms with Gasteiger partial charge in [0.15, 0.2) is 0 Å². The third-order valence-corrected chi connectivity index (χ3v) is 7.63. The van der Waals surface area contributed by atoms with Crippen molar-refractivity contribution in [2.45, 2.75) is 24.3 Å². The molecule has 3 aromatic rings. The van der Waals surface area contributed by atoms with Gasteiger partial charge in [-0.25, -0.2) is 8.42 Å². The molecule has 1 fully saturated rings. The Morgan fingerprint density at radius 1 is 0.971 bits per heavy atom. The number of rotatable bonds is 9. The topological polar surface area (TPSA) is 113 Å². The zero-order chi connectivity index (χ0) is 24.8. The van der Waals surface area contributed by atoms with Crippen LogP contribution in [0, 0.1) is 10.1 Å². The summed E-state index contributed by atoms with van der Waals surface area (Å²) in [6.45, 7) is 1.79. The molecule has 0 saturated carbocycles. The van der Waals surface area contributed by atoms with Gasteiger partial charge in [0.2, 0.25) is 5.91 Å². The number of hydrogen-bond acceptors (Lipinski definition) is 6. The van der Waals surface area contributed by atoms with Crippen LogP contribution < -0.4 is 14.5 Å². The Bertz CT molecular complexity index is 1290.